The number of hydrogen-bond donors (Lipinski definition) is 3. The molecule has 2 aromatic heterocycles. The first-order chi connectivity index (χ1) is 14.9. The maximum absolute atomic E-state index is 13.7. The van der Waals surface area contributed by atoms with Gasteiger partial charge in [-0.25, -0.2) is 13.9 Å². The van der Waals surface area contributed by atoms with Gasteiger partial charge in [-0.15, -0.1) is 0 Å². The van der Waals surface area contributed by atoms with Crippen molar-refractivity contribution in [1.82, 2.24) is 14.6 Å². The van der Waals surface area contributed by atoms with Gasteiger partial charge in [-0.3, -0.25) is 4.79 Å². The van der Waals surface area contributed by atoms with Gasteiger partial charge in [0.15, 0.2) is 5.82 Å². The molecule has 1 fully saturated rings. The number of nitrogen functional groups attached to an aromatic ring is 1. The lowest BCUT2D eigenvalue weighted by atomic mass is 9.92. The fourth-order valence-corrected chi connectivity index (χ4v) is 3.57. The van der Waals surface area contributed by atoms with Crippen LogP contribution in [-0.2, 0) is 26.3 Å². The van der Waals surface area contributed by atoms with Crippen LogP contribution in [0.25, 0.3) is 5.52 Å². The highest BCUT2D eigenvalue weighted by molar-refractivity contribution is 5.72. The number of aromatic nitrogens is 3. The topological polar surface area (TPSA) is 156 Å². The Morgan fingerprint density at radius 2 is 2.13 bits per heavy atom. The summed E-state index contributed by atoms with van der Waals surface area (Å²) in [6.45, 7) is -0.449. The standard InChI is InChI=1S/C20H18FN5O5/c21-12-4-2-1-3-11(12)7-16(27)30-8-14-17(28)18(29)20(9-22,31-14)15-6-5-13-19(23)24-10-25-26(13)15/h1-6,10,14,17-18,28-29H,7-8H2,(H2,23,24,25)/t14-,17-,18-,20+/m1/s1. The number of aliphatic hydroxyl groups excluding tert-OH is 2. The monoisotopic (exact) mass is 427 g/mol. The molecule has 1 aliphatic rings. The Labute approximate surface area is 175 Å². The number of fused-ring (bicyclic) bond motifs is 1. The molecule has 4 N–H and O–H groups in total. The van der Waals surface area contributed by atoms with Crippen molar-refractivity contribution in [3.8, 4) is 6.07 Å². The van der Waals surface area contributed by atoms with Crippen LogP contribution in [0.4, 0.5) is 10.2 Å². The summed E-state index contributed by atoms with van der Waals surface area (Å²) in [5, 5.41) is 35.0. The smallest absolute Gasteiger partial charge is 0.310 e. The summed E-state index contributed by atoms with van der Waals surface area (Å²) < 4.78 is 25.8. The fraction of sp³-hybridized carbons (Fsp3) is 0.300. The van der Waals surface area contributed by atoms with Gasteiger partial charge in [-0.1, -0.05) is 18.2 Å². The van der Waals surface area contributed by atoms with Gasteiger partial charge in [0.2, 0.25) is 5.60 Å². The molecule has 0 bridgehead atoms. The zero-order valence-corrected chi connectivity index (χ0v) is 16.1. The quantitative estimate of drug-likeness (QED) is 0.480. The van der Waals surface area contributed by atoms with Gasteiger partial charge in [0.05, 0.1) is 12.1 Å². The third kappa shape index (κ3) is 3.46. The molecule has 3 aromatic rings. The predicted molar refractivity (Wildman–Crippen MR) is 103 cm³/mol. The van der Waals surface area contributed by atoms with E-state index in [4.69, 9.17) is 15.2 Å². The number of nitriles is 1. The van der Waals surface area contributed by atoms with Gasteiger partial charge in [0.25, 0.3) is 0 Å². The minimum Gasteiger partial charge on any atom is -0.463 e. The Morgan fingerprint density at radius 3 is 2.87 bits per heavy atom. The molecule has 3 heterocycles. The molecule has 1 aliphatic heterocycles. The van der Waals surface area contributed by atoms with Crippen LogP contribution < -0.4 is 5.73 Å². The molecule has 10 nitrogen and oxygen atoms in total. The first-order valence-electron chi connectivity index (χ1n) is 9.30. The molecule has 160 valence electrons. The number of anilines is 1. The van der Waals surface area contributed by atoms with E-state index < -0.39 is 42.3 Å². The maximum Gasteiger partial charge on any atom is 0.310 e. The molecule has 4 rings (SSSR count). The van der Waals surface area contributed by atoms with E-state index in [0.29, 0.717) is 5.52 Å². The number of benzene rings is 1. The number of esters is 1. The Morgan fingerprint density at radius 1 is 1.35 bits per heavy atom. The molecule has 0 saturated carbocycles. The number of ether oxygens (including phenoxy) is 2. The van der Waals surface area contributed by atoms with Crippen molar-refractivity contribution in [3.05, 3.63) is 59.8 Å². The Kier molecular flexibility index (Phi) is 5.28. The summed E-state index contributed by atoms with van der Waals surface area (Å²) in [7, 11) is 0. The number of halogens is 1. The number of carbonyl (C=O) groups excluding carboxylic acids is 1. The second kappa shape index (κ2) is 7.92. The number of hydrogen-bond acceptors (Lipinski definition) is 9. The molecule has 0 spiro atoms. The fourth-order valence-electron chi connectivity index (χ4n) is 3.57. The molecule has 31 heavy (non-hydrogen) atoms. The first kappa shape index (κ1) is 20.7. The Balaban J connectivity index is 1.53. The third-order valence-electron chi connectivity index (χ3n) is 5.19. The lowest BCUT2D eigenvalue weighted by Gasteiger charge is -2.24. The summed E-state index contributed by atoms with van der Waals surface area (Å²) in [4.78, 5) is 16.0. The second-order valence-electron chi connectivity index (χ2n) is 7.05. The molecule has 4 atom stereocenters. The average Bonchev–Trinajstić information content (AvgIpc) is 3.30. The summed E-state index contributed by atoms with van der Waals surface area (Å²) in [6.07, 6.45) is -3.55. The van der Waals surface area contributed by atoms with E-state index in [-0.39, 0.29) is 23.5 Å². The summed E-state index contributed by atoms with van der Waals surface area (Å²) >= 11 is 0. The van der Waals surface area contributed by atoms with Crippen molar-refractivity contribution in [2.75, 3.05) is 12.3 Å². The number of aliphatic hydroxyl groups is 2. The Hall–Kier alpha value is -3.59. The van der Waals surface area contributed by atoms with Crippen molar-refractivity contribution < 1.29 is 28.9 Å². The number of nitrogens with two attached hydrogens (primary N) is 1. The SMILES string of the molecule is N#C[C@@]1(c2ccc3c(N)ncnn23)O[C@H](COC(=O)Cc2ccccc2F)[C@@H](O)[C@H]1O. The normalized spacial score (nSPS) is 25.4. The number of carbonyl (C=O) groups is 1. The van der Waals surface area contributed by atoms with Crippen molar-refractivity contribution in [3.63, 3.8) is 0 Å². The predicted octanol–water partition coefficient (Wildman–Crippen LogP) is 0.0760. The van der Waals surface area contributed by atoms with Crippen LogP contribution in [0.5, 0.6) is 0 Å². The van der Waals surface area contributed by atoms with E-state index in [1.807, 2.05) is 6.07 Å². The minimum atomic E-state index is -1.99. The zero-order chi connectivity index (χ0) is 22.2. The highest BCUT2D eigenvalue weighted by Crippen LogP contribution is 2.40. The van der Waals surface area contributed by atoms with Crippen LogP contribution in [0.1, 0.15) is 11.3 Å². The molecule has 0 amide bonds. The molecule has 0 aliphatic carbocycles. The van der Waals surface area contributed by atoms with Gasteiger partial charge >= 0.3 is 5.97 Å². The van der Waals surface area contributed by atoms with Crippen molar-refractivity contribution >= 4 is 17.3 Å². The lowest BCUT2D eigenvalue weighted by Crippen LogP contribution is -2.41. The average molecular weight is 427 g/mol. The van der Waals surface area contributed by atoms with Gasteiger partial charge in [-0.2, -0.15) is 10.4 Å². The molecule has 0 radical (unpaired) electrons. The minimum absolute atomic E-state index is 0.130. The van der Waals surface area contributed by atoms with E-state index >= 15 is 0 Å². The van der Waals surface area contributed by atoms with Crippen molar-refractivity contribution in [1.29, 1.82) is 5.26 Å². The molecule has 11 heteroatoms. The molecular formula is C20H18FN5O5. The van der Waals surface area contributed by atoms with Gasteiger partial charge in [-0.05, 0) is 23.8 Å². The van der Waals surface area contributed by atoms with Crippen LogP contribution in [0.15, 0.2) is 42.7 Å². The Bertz CT molecular complexity index is 1180. The molecule has 1 saturated heterocycles. The van der Waals surface area contributed by atoms with E-state index in [1.54, 1.807) is 12.1 Å². The summed E-state index contributed by atoms with van der Waals surface area (Å²) in [5.41, 5.74) is 4.49. The van der Waals surface area contributed by atoms with Crippen LogP contribution in [0.2, 0.25) is 0 Å². The van der Waals surface area contributed by atoms with E-state index in [1.165, 1.54) is 35.1 Å². The first-order valence-corrected chi connectivity index (χ1v) is 9.30. The third-order valence-corrected chi connectivity index (χ3v) is 5.19. The van der Waals surface area contributed by atoms with Gasteiger partial charge in [0, 0.05) is 0 Å². The molecular weight excluding hydrogens is 409 g/mol. The highest BCUT2D eigenvalue weighted by Gasteiger charge is 2.57. The zero-order valence-electron chi connectivity index (χ0n) is 16.1. The second-order valence-corrected chi connectivity index (χ2v) is 7.05. The summed E-state index contributed by atoms with van der Waals surface area (Å²) in [6, 6.07) is 10.7. The van der Waals surface area contributed by atoms with E-state index in [2.05, 4.69) is 10.1 Å². The van der Waals surface area contributed by atoms with E-state index in [0.717, 1.165) is 0 Å². The largest absolute Gasteiger partial charge is 0.463 e. The van der Waals surface area contributed by atoms with Crippen molar-refractivity contribution in [2.24, 2.45) is 0 Å². The molecule has 1 aromatic carbocycles. The number of rotatable bonds is 5. The van der Waals surface area contributed by atoms with Crippen LogP contribution in [-0.4, -0.2) is 55.7 Å². The summed E-state index contributed by atoms with van der Waals surface area (Å²) in [5.74, 6) is -1.14. The lowest BCUT2D eigenvalue weighted by molar-refractivity contribution is -0.149. The van der Waals surface area contributed by atoms with Gasteiger partial charge < -0.3 is 25.4 Å². The van der Waals surface area contributed by atoms with Crippen LogP contribution in [0, 0.1) is 17.1 Å². The van der Waals surface area contributed by atoms with Crippen LogP contribution >= 0.6 is 0 Å². The van der Waals surface area contributed by atoms with Crippen molar-refractivity contribution in [2.45, 2.75) is 30.3 Å². The van der Waals surface area contributed by atoms with Crippen LogP contribution in [0.3, 0.4) is 0 Å². The van der Waals surface area contributed by atoms with Gasteiger partial charge in [0.1, 0.15) is 48.6 Å². The number of nitrogens with zero attached hydrogens (tertiary/aromatic N) is 4. The van der Waals surface area contributed by atoms with E-state index in [9.17, 15) is 24.7 Å². The molecule has 0 unspecified atom stereocenters. The highest BCUT2D eigenvalue weighted by atomic mass is 19.1. The maximum atomic E-state index is 13.7.